The van der Waals surface area contributed by atoms with E-state index in [2.05, 4.69) is 19.2 Å². The molecule has 0 radical (unpaired) electrons. The lowest BCUT2D eigenvalue weighted by Gasteiger charge is -2.34. The third kappa shape index (κ3) is 3.94. The Labute approximate surface area is 112 Å². The average Bonchev–Trinajstić information content (AvgIpc) is 2.38. The predicted molar refractivity (Wildman–Crippen MR) is 75.5 cm³/mol. The van der Waals surface area contributed by atoms with E-state index >= 15 is 0 Å². The smallest absolute Gasteiger partial charge is 0.0638 e. The lowest BCUT2D eigenvalue weighted by atomic mass is 9.80. The van der Waals surface area contributed by atoms with Crippen LogP contribution in [0.15, 0.2) is 0 Å². The molecule has 0 aromatic heterocycles. The maximum Gasteiger partial charge on any atom is 0.0638 e. The van der Waals surface area contributed by atoms with Gasteiger partial charge in [-0.2, -0.15) is 0 Å². The molecule has 2 aliphatic rings. The zero-order valence-corrected chi connectivity index (χ0v) is 12.0. The Balaban J connectivity index is 1.65. The summed E-state index contributed by atoms with van der Waals surface area (Å²) in [6.07, 6.45) is 7.99. The summed E-state index contributed by atoms with van der Waals surface area (Å²) in [6.45, 7) is 6.59. The van der Waals surface area contributed by atoms with E-state index < -0.39 is 0 Å². The lowest BCUT2D eigenvalue weighted by Crippen LogP contribution is -2.52. The Morgan fingerprint density at radius 3 is 2.50 bits per heavy atom. The Morgan fingerprint density at radius 2 is 1.89 bits per heavy atom. The molecule has 3 N–H and O–H groups in total. The molecule has 106 valence electrons. The van der Waals surface area contributed by atoms with Crippen LogP contribution < -0.4 is 11.1 Å². The van der Waals surface area contributed by atoms with Gasteiger partial charge in [-0.15, -0.1) is 0 Å². The fourth-order valence-corrected chi connectivity index (χ4v) is 3.32. The molecule has 2 atom stereocenters. The van der Waals surface area contributed by atoms with Crippen molar-refractivity contribution in [1.82, 2.24) is 5.32 Å². The zero-order chi connectivity index (χ0) is 13.0. The van der Waals surface area contributed by atoms with E-state index in [-0.39, 0.29) is 6.04 Å². The normalized spacial score (nSPS) is 38.0. The molecule has 1 aliphatic heterocycles. The first-order valence-corrected chi connectivity index (χ1v) is 7.77. The maximum absolute atomic E-state index is 6.11. The van der Waals surface area contributed by atoms with E-state index in [0.29, 0.717) is 12.1 Å². The zero-order valence-electron chi connectivity index (χ0n) is 12.0. The standard InChI is InChI=1S/C15H30N2O/c1-11(2)12-5-7-13(8-6-12)18-10-15-14(16)4-3-9-17-15/h11-15,17H,3-10,16H2,1-2H3/t12?,13?,14-,15-/m0/s1. The second-order valence-corrected chi connectivity index (χ2v) is 6.48. The largest absolute Gasteiger partial charge is 0.377 e. The molecular formula is C15H30N2O. The van der Waals surface area contributed by atoms with Crippen molar-refractivity contribution in [2.75, 3.05) is 13.2 Å². The minimum absolute atomic E-state index is 0.283. The highest BCUT2D eigenvalue weighted by molar-refractivity contribution is 4.84. The summed E-state index contributed by atoms with van der Waals surface area (Å²) in [6, 6.07) is 0.660. The van der Waals surface area contributed by atoms with Gasteiger partial charge in [-0.1, -0.05) is 13.8 Å². The summed E-state index contributed by atoms with van der Waals surface area (Å²) in [4.78, 5) is 0. The second-order valence-electron chi connectivity index (χ2n) is 6.48. The van der Waals surface area contributed by atoms with Crippen LogP contribution >= 0.6 is 0 Å². The van der Waals surface area contributed by atoms with Gasteiger partial charge in [0.15, 0.2) is 0 Å². The summed E-state index contributed by atoms with van der Waals surface area (Å²) < 4.78 is 6.08. The molecule has 2 rings (SSSR count). The minimum atomic E-state index is 0.283. The molecule has 1 saturated carbocycles. The Hall–Kier alpha value is -0.120. The van der Waals surface area contributed by atoms with Crippen LogP contribution in [-0.2, 0) is 4.74 Å². The SMILES string of the molecule is CC(C)C1CCC(OC[C@@H]2NCCC[C@@H]2N)CC1. The molecule has 2 fully saturated rings. The van der Waals surface area contributed by atoms with Crippen molar-refractivity contribution in [3.8, 4) is 0 Å². The van der Waals surface area contributed by atoms with Crippen molar-refractivity contribution in [1.29, 1.82) is 0 Å². The van der Waals surface area contributed by atoms with E-state index in [1.165, 1.54) is 32.1 Å². The van der Waals surface area contributed by atoms with Crippen LogP contribution in [0.4, 0.5) is 0 Å². The second kappa shape index (κ2) is 6.88. The topological polar surface area (TPSA) is 47.3 Å². The summed E-state index contributed by atoms with van der Waals surface area (Å²) in [5.74, 6) is 1.75. The van der Waals surface area contributed by atoms with Gasteiger partial charge in [0.2, 0.25) is 0 Å². The summed E-state index contributed by atoms with van der Waals surface area (Å²) >= 11 is 0. The molecule has 0 amide bonds. The van der Waals surface area contributed by atoms with E-state index in [1.807, 2.05) is 0 Å². The van der Waals surface area contributed by atoms with E-state index in [4.69, 9.17) is 10.5 Å². The lowest BCUT2D eigenvalue weighted by molar-refractivity contribution is -0.00321. The highest BCUT2D eigenvalue weighted by atomic mass is 16.5. The molecule has 0 bridgehead atoms. The molecule has 3 heteroatoms. The minimum Gasteiger partial charge on any atom is -0.377 e. The molecule has 1 aliphatic carbocycles. The summed E-state index contributed by atoms with van der Waals surface area (Å²) in [5.41, 5.74) is 6.11. The first-order valence-electron chi connectivity index (χ1n) is 7.77. The molecule has 3 nitrogen and oxygen atoms in total. The van der Waals surface area contributed by atoms with Crippen LogP contribution in [0.2, 0.25) is 0 Å². The quantitative estimate of drug-likeness (QED) is 0.809. The molecule has 0 spiro atoms. The van der Waals surface area contributed by atoms with Gasteiger partial charge in [0, 0.05) is 12.1 Å². The van der Waals surface area contributed by atoms with Crippen molar-refractivity contribution < 1.29 is 4.74 Å². The highest BCUT2D eigenvalue weighted by Gasteiger charge is 2.26. The van der Waals surface area contributed by atoms with Crippen molar-refractivity contribution in [3.63, 3.8) is 0 Å². The van der Waals surface area contributed by atoms with Gasteiger partial charge in [-0.05, 0) is 56.9 Å². The molecule has 18 heavy (non-hydrogen) atoms. The van der Waals surface area contributed by atoms with E-state index in [1.54, 1.807) is 0 Å². The van der Waals surface area contributed by atoms with Crippen LogP contribution in [-0.4, -0.2) is 31.3 Å². The van der Waals surface area contributed by atoms with Gasteiger partial charge in [0.25, 0.3) is 0 Å². The summed E-state index contributed by atoms with van der Waals surface area (Å²) in [7, 11) is 0. The number of hydrogen-bond acceptors (Lipinski definition) is 3. The molecule has 0 aromatic rings. The first-order chi connectivity index (χ1) is 8.66. The molecule has 0 unspecified atom stereocenters. The highest BCUT2D eigenvalue weighted by Crippen LogP contribution is 2.31. The van der Waals surface area contributed by atoms with E-state index in [9.17, 15) is 0 Å². The monoisotopic (exact) mass is 254 g/mol. The average molecular weight is 254 g/mol. The predicted octanol–water partition coefficient (Wildman–Crippen LogP) is 2.30. The number of ether oxygens (including phenoxy) is 1. The van der Waals surface area contributed by atoms with Crippen LogP contribution in [0, 0.1) is 11.8 Å². The Morgan fingerprint density at radius 1 is 1.17 bits per heavy atom. The van der Waals surface area contributed by atoms with Crippen molar-refractivity contribution in [2.24, 2.45) is 17.6 Å². The van der Waals surface area contributed by atoms with Crippen LogP contribution in [0.3, 0.4) is 0 Å². The Bertz CT molecular complexity index is 237. The number of nitrogens with one attached hydrogen (secondary N) is 1. The third-order valence-corrected chi connectivity index (χ3v) is 4.81. The van der Waals surface area contributed by atoms with Crippen LogP contribution in [0.1, 0.15) is 52.4 Å². The first kappa shape index (κ1) is 14.3. The van der Waals surface area contributed by atoms with Gasteiger partial charge in [-0.3, -0.25) is 0 Å². The van der Waals surface area contributed by atoms with Crippen LogP contribution in [0.5, 0.6) is 0 Å². The van der Waals surface area contributed by atoms with Crippen molar-refractivity contribution >= 4 is 0 Å². The van der Waals surface area contributed by atoms with Gasteiger partial charge in [0.05, 0.1) is 12.7 Å². The number of hydrogen-bond donors (Lipinski definition) is 2. The van der Waals surface area contributed by atoms with Crippen LogP contribution in [0.25, 0.3) is 0 Å². The number of piperidine rings is 1. The molecule has 1 saturated heterocycles. The summed E-state index contributed by atoms with van der Waals surface area (Å²) in [5, 5.41) is 3.49. The van der Waals surface area contributed by atoms with Gasteiger partial charge in [-0.25, -0.2) is 0 Å². The maximum atomic E-state index is 6.11. The number of nitrogens with two attached hydrogens (primary N) is 1. The van der Waals surface area contributed by atoms with E-state index in [0.717, 1.165) is 31.4 Å². The van der Waals surface area contributed by atoms with Crippen molar-refractivity contribution in [3.05, 3.63) is 0 Å². The van der Waals surface area contributed by atoms with Crippen molar-refractivity contribution in [2.45, 2.75) is 70.6 Å². The number of rotatable bonds is 4. The molecule has 1 heterocycles. The van der Waals surface area contributed by atoms with Gasteiger partial charge >= 0.3 is 0 Å². The fourth-order valence-electron chi connectivity index (χ4n) is 3.32. The molecular weight excluding hydrogens is 224 g/mol. The third-order valence-electron chi connectivity index (χ3n) is 4.81. The fraction of sp³-hybridized carbons (Fsp3) is 1.00. The Kier molecular flexibility index (Phi) is 5.46. The van der Waals surface area contributed by atoms with Gasteiger partial charge in [0.1, 0.15) is 0 Å². The molecule has 0 aromatic carbocycles. The van der Waals surface area contributed by atoms with Gasteiger partial charge < -0.3 is 15.8 Å².